The molecule has 1 saturated heterocycles. The standard InChI is InChI=1S/C12H13BrF2N2O/c13-9-1-3-10(4-2-9)16-11(18)7-17-5-8(6-17)12(14)15/h1-4,8,12H,5-7H2,(H,16,18). The summed E-state index contributed by atoms with van der Waals surface area (Å²) in [6, 6.07) is 7.21. The number of alkyl halides is 2. The van der Waals surface area contributed by atoms with E-state index in [0.717, 1.165) is 4.47 Å². The van der Waals surface area contributed by atoms with Crippen LogP contribution in [0.2, 0.25) is 0 Å². The lowest BCUT2D eigenvalue weighted by atomic mass is 10.0. The largest absolute Gasteiger partial charge is 0.325 e. The van der Waals surface area contributed by atoms with E-state index in [1.165, 1.54) is 0 Å². The number of amides is 1. The number of carbonyl (C=O) groups is 1. The Hall–Kier alpha value is -1.01. The molecule has 0 radical (unpaired) electrons. The topological polar surface area (TPSA) is 32.3 Å². The number of likely N-dealkylation sites (tertiary alicyclic amines) is 1. The monoisotopic (exact) mass is 318 g/mol. The highest BCUT2D eigenvalue weighted by Crippen LogP contribution is 2.22. The molecule has 2 rings (SSSR count). The summed E-state index contributed by atoms with van der Waals surface area (Å²) < 4.78 is 25.4. The summed E-state index contributed by atoms with van der Waals surface area (Å²) in [5, 5.41) is 2.72. The number of rotatable bonds is 4. The molecule has 1 aromatic carbocycles. The number of nitrogens with zero attached hydrogens (tertiary/aromatic N) is 1. The molecule has 0 unspecified atom stereocenters. The van der Waals surface area contributed by atoms with E-state index in [9.17, 15) is 13.6 Å². The van der Waals surface area contributed by atoms with E-state index in [2.05, 4.69) is 21.2 Å². The minimum absolute atomic E-state index is 0.166. The van der Waals surface area contributed by atoms with Crippen molar-refractivity contribution in [1.82, 2.24) is 4.90 Å². The molecule has 0 saturated carbocycles. The lowest BCUT2D eigenvalue weighted by Crippen LogP contribution is -2.52. The van der Waals surface area contributed by atoms with Crippen LogP contribution < -0.4 is 5.32 Å². The van der Waals surface area contributed by atoms with E-state index < -0.39 is 12.3 Å². The van der Waals surface area contributed by atoms with Gasteiger partial charge in [0.1, 0.15) is 0 Å². The number of carbonyl (C=O) groups excluding carboxylic acids is 1. The second-order valence-corrected chi connectivity index (χ2v) is 5.26. The van der Waals surface area contributed by atoms with E-state index in [0.29, 0.717) is 18.8 Å². The Morgan fingerprint density at radius 2 is 2.00 bits per heavy atom. The van der Waals surface area contributed by atoms with Gasteiger partial charge in [-0.2, -0.15) is 0 Å². The number of nitrogens with one attached hydrogen (secondary N) is 1. The number of anilines is 1. The Balaban J connectivity index is 1.75. The highest BCUT2D eigenvalue weighted by molar-refractivity contribution is 9.10. The number of hydrogen-bond acceptors (Lipinski definition) is 2. The SMILES string of the molecule is O=C(CN1CC(C(F)F)C1)Nc1ccc(Br)cc1. The molecule has 1 aromatic rings. The van der Waals surface area contributed by atoms with Gasteiger partial charge in [-0.1, -0.05) is 15.9 Å². The van der Waals surface area contributed by atoms with Crippen molar-refractivity contribution >= 4 is 27.5 Å². The molecule has 6 heteroatoms. The van der Waals surface area contributed by atoms with Crippen molar-refractivity contribution in [1.29, 1.82) is 0 Å². The smallest absolute Gasteiger partial charge is 0.243 e. The number of halogens is 3. The molecule has 98 valence electrons. The number of hydrogen-bond donors (Lipinski definition) is 1. The molecule has 1 amide bonds. The first-order chi connectivity index (χ1) is 8.54. The second kappa shape index (κ2) is 5.75. The molecular weight excluding hydrogens is 306 g/mol. The highest BCUT2D eigenvalue weighted by Gasteiger charge is 2.34. The predicted octanol–water partition coefficient (Wildman–Crippen LogP) is 2.58. The van der Waals surface area contributed by atoms with Gasteiger partial charge >= 0.3 is 0 Å². The Bertz CT molecular complexity index is 419. The lowest BCUT2D eigenvalue weighted by Gasteiger charge is -2.37. The van der Waals surface area contributed by atoms with Gasteiger partial charge in [0, 0.05) is 29.2 Å². The summed E-state index contributed by atoms with van der Waals surface area (Å²) in [6.45, 7) is 0.760. The molecule has 18 heavy (non-hydrogen) atoms. The third-order valence-corrected chi connectivity index (χ3v) is 3.37. The van der Waals surface area contributed by atoms with Gasteiger partial charge in [0.2, 0.25) is 12.3 Å². The van der Waals surface area contributed by atoms with E-state index in [4.69, 9.17) is 0 Å². The molecule has 0 bridgehead atoms. The summed E-state index contributed by atoms with van der Waals surface area (Å²) in [5.74, 6) is -0.754. The van der Waals surface area contributed by atoms with E-state index >= 15 is 0 Å². The average molecular weight is 319 g/mol. The summed E-state index contributed by atoms with van der Waals surface area (Å²) in [7, 11) is 0. The van der Waals surface area contributed by atoms with Crippen LogP contribution in [0.15, 0.2) is 28.7 Å². The molecule has 0 atom stereocenters. The highest BCUT2D eigenvalue weighted by atomic mass is 79.9. The molecule has 0 aromatic heterocycles. The minimum atomic E-state index is -2.28. The minimum Gasteiger partial charge on any atom is -0.325 e. The van der Waals surface area contributed by atoms with Crippen LogP contribution in [0.4, 0.5) is 14.5 Å². The average Bonchev–Trinajstić information content (AvgIpc) is 2.25. The van der Waals surface area contributed by atoms with Crippen LogP contribution in [-0.4, -0.2) is 36.9 Å². The van der Waals surface area contributed by atoms with E-state index in [1.807, 2.05) is 12.1 Å². The Kier molecular flexibility index (Phi) is 4.29. The molecule has 1 aliphatic heterocycles. The summed E-state index contributed by atoms with van der Waals surface area (Å²) in [4.78, 5) is 13.3. The second-order valence-electron chi connectivity index (χ2n) is 4.34. The van der Waals surface area contributed by atoms with Crippen molar-refractivity contribution in [2.75, 3.05) is 25.0 Å². The first kappa shape index (κ1) is 13.4. The zero-order valence-corrected chi connectivity index (χ0v) is 11.2. The first-order valence-electron chi connectivity index (χ1n) is 5.60. The van der Waals surface area contributed by atoms with Crippen LogP contribution in [0.1, 0.15) is 0 Å². The normalized spacial score (nSPS) is 16.7. The summed E-state index contributed by atoms with van der Waals surface area (Å²) in [5.41, 5.74) is 0.703. The van der Waals surface area contributed by atoms with Gasteiger partial charge in [-0.25, -0.2) is 8.78 Å². The maximum Gasteiger partial charge on any atom is 0.243 e. The Morgan fingerprint density at radius 1 is 1.39 bits per heavy atom. The maximum absolute atomic E-state index is 12.2. The van der Waals surface area contributed by atoms with Crippen LogP contribution in [0.25, 0.3) is 0 Å². The maximum atomic E-state index is 12.2. The van der Waals surface area contributed by atoms with Gasteiger partial charge in [-0.3, -0.25) is 9.69 Å². The predicted molar refractivity (Wildman–Crippen MR) is 68.7 cm³/mol. The molecular formula is C12H13BrF2N2O. The fraction of sp³-hybridized carbons (Fsp3) is 0.417. The molecule has 1 heterocycles. The van der Waals surface area contributed by atoms with Gasteiger partial charge in [-0.05, 0) is 24.3 Å². The third-order valence-electron chi connectivity index (χ3n) is 2.84. The zero-order chi connectivity index (χ0) is 13.1. The quantitative estimate of drug-likeness (QED) is 0.925. The fourth-order valence-electron chi connectivity index (χ4n) is 1.84. The first-order valence-corrected chi connectivity index (χ1v) is 6.40. The van der Waals surface area contributed by atoms with Crippen LogP contribution in [0.3, 0.4) is 0 Å². The van der Waals surface area contributed by atoms with Gasteiger partial charge in [0.25, 0.3) is 0 Å². The van der Waals surface area contributed by atoms with Crippen molar-refractivity contribution in [3.05, 3.63) is 28.7 Å². The van der Waals surface area contributed by atoms with Crippen LogP contribution >= 0.6 is 15.9 Å². The van der Waals surface area contributed by atoms with Gasteiger partial charge in [-0.15, -0.1) is 0 Å². The molecule has 0 aliphatic carbocycles. The van der Waals surface area contributed by atoms with Crippen molar-refractivity contribution < 1.29 is 13.6 Å². The van der Waals surface area contributed by atoms with Crippen LogP contribution in [-0.2, 0) is 4.79 Å². The van der Waals surface area contributed by atoms with Gasteiger partial charge in [0.05, 0.1) is 6.54 Å². The summed E-state index contributed by atoms with van der Waals surface area (Å²) >= 11 is 3.30. The summed E-state index contributed by atoms with van der Waals surface area (Å²) in [6.07, 6.45) is -2.28. The van der Waals surface area contributed by atoms with Crippen LogP contribution in [0, 0.1) is 5.92 Å². The van der Waals surface area contributed by atoms with Gasteiger partial charge in [0.15, 0.2) is 0 Å². The van der Waals surface area contributed by atoms with E-state index in [1.54, 1.807) is 17.0 Å². The lowest BCUT2D eigenvalue weighted by molar-refractivity contribution is -0.120. The molecule has 3 nitrogen and oxygen atoms in total. The molecule has 1 fully saturated rings. The Labute approximate surface area is 112 Å². The van der Waals surface area contributed by atoms with Crippen molar-refractivity contribution in [2.45, 2.75) is 6.43 Å². The van der Waals surface area contributed by atoms with Crippen LogP contribution in [0.5, 0.6) is 0 Å². The molecule has 0 spiro atoms. The molecule has 1 aliphatic rings. The third kappa shape index (κ3) is 3.49. The van der Waals surface area contributed by atoms with E-state index in [-0.39, 0.29) is 12.5 Å². The zero-order valence-electron chi connectivity index (χ0n) is 9.57. The molecule has 1 N–H and O–H groups in total. The number of benzene rings is 1. The van der Waals surface area contributed by atoms with Crippen molar-refractivity contribution in [2.24, 2.45) is 5.92 Å². The fourth-order valence-corrected chi connectivity index (χ4v) is 2.10. The Morgan fingerprint density at radius 3 is 2.56 bits per heavy atom. The van der Waals surface area contributed by atoms with Crippen molar-refractivity contribution in [3.8, 4) is 0 Å². The van der Waals surface area contributed by atoms with Crippen molar-refractivity contribution in [3.63, 3.8) is 0 Å². The van der Waals surface area contributed by atoms with Gasteiger partial charge < -0.3 is 5.32 Å².